The van der Waals surface area contributed by atoms with Crippen molar-refractivity contribution in [3.05, 3.63) is 34.3 Å². The molecule has 1 heterocycles. The zero-order chi connectivity index (χ0) is 9.97. The summed E-state index contributed by atoms with van der Waals surface area (Å²) < 4.78 is 0. The zero-order valence-electron chi connectivity index (χ0n) is 8.17. The van der Waals surface area contributed by atoms with E-state index in [1.807, 2.05) is 12.1 Å². The van der Waals surface area contributed by atoms with Crippen molar-refractivity contribution < 1.29 is 0 Å². The van der Waals surface area contributed by atoms with Crippen molar-refractivity contribution >= 4 is 11.6 Å². The van der Waals surface area contributed by atoms with Crippen LogP contribution in [-0.4, -0.2) is 18.0 Å². The molecule has 1 aromatic rings. The number of hydrogen-bond donors (Lipinski definition) is 1. The molecule has 0 aliphatic carbocycles. The van der Waals surface area contributed by atoms with E-state index >= 15 is 0 Å². The smallest absolute Gasteiger partial charge is 0.0412 e. The number of hydrogen-bond acceptors (Lipinski definition) is 2. The highest BCUT2D eigenvalue weighted by Crippen LogP contribution is 2.18. The summed E-state index contributed by atoms with van der Waals surface area (Å²) in [6, 6.07) is 6.10. The van der Waals surface area contributed by atoms with Crippen LogP contribution >= 0.6 is 11.6 Å². The minimum absolute atomic E-state index is 0.563. The van der Waals surface area contributed by atoms with Crippen LogP contribution in [0.3, 0.4) is 0 Å². The van der Waals surface area contributed by atoms with Gasteiger partial charge in [-0.15, -0.1) is 0 Å². The van der Waals surface area contributed by atoms with Crippen LogP contribution in [0.5, 0.6) is 0 Å². The molecule has 1 aliphatic heterocycles. The van der Waals surface area contributed by atoms with Crippen LogP contribution in [0, 0.1) is 0 Å². The van der Waals surface area contributed by atoms with E-state index in [2.05, 4.69) is 11.0 Å². The van der Waals surface area contributed by atoms with Crippen molar-refractivity contribution in [2.75, 3.05) is 13.1 Å². The zero-order valence-corrected chi connectivity index (χ0v) is 8.93. The van der Waals surface area contributed by atoms with Crippen LogP contribution in [0.1, 0.15) is 17.5 Å². The van der Waals surface area contributed by atoms with Crippen molar-refractivity contribution in [1.29, 1.82) is 0 Å². The SMILES string of the molecule is NCc1cc(Cl)cc(CN2CCC2)c1. The standard InChI is InChI=1S/C11H15ClN2/c12-11-5-9(7-13)4-10(6-11)8-14-2-1-3-14/h4-6H,1-3,7-8,13H2. The third-order valence-corrected chi connectivity index (χ3v) is 2.83. The number of nitrogens with two attached hydrogens (primary N) is 1. The predicted octanol–water partition coefficient (Wildman–Crippen LogP) is 2.00. The maximum absolute atomic E-state index is 6.00. The first kappa shape index (κ1) is 9.97. The lowest BCUT2D eigenvalue weighted by Gasteiger charge is -2.30. The molecule has 0 radical (unpaired) electrons. The molecule has 2 rings (SSSR count). The normalized spacial score (nSPS) is 16.7. The molecular formula is C11H15ClN2. The fraction of sp³-hybridized carbons (Fsp3) is 0.455. The lowest BCUT2D eigenvalue weighted by Crippen LogP contribution is -2.36. The highest BCUT2D eigenvalue weighted by atomic mass is 35.5. The molecule has 0 unspecified atom stereocenters. The van der Waals surface area contributed by atoms with Crippen LogP contribution in [0.15, 0.2) is 18.2 Å². The molecule has 0 atom stereocenters. The fourth-order valence-corrected chi connectivity index (χ4v) is 2.00. The van der Waals surface area contributed by atoms with Gasteiger partial charge in [-0.3, -0.25) is 4.90 Å². The number of rotatable bonds is 3. The van der Waals surface area contributed by atoms with Gasteiger partial charge in [-0.25, -0.2) is 0 Å². The summed E-state index contributed by atoms with van der Waals surface area (Å²) >= 11 is 6.00. The van der Waals surface area contributed by atoms with Gasteiger partial charge < -0.3 is 5.73 Å². The maximum atomic E-state index is 6.00. The molecule has 0 aromatic heterocycles. The van der Waals surface area contributed by atoms with Gasteiger partial charge in [-0.05, 0) is 42.8 Å². The highest BCUT2D eigenvalue weighted by molar-refractivity contribution is 6.30. The van der Waals surface area contributed by atoms with Crippen LogP contribution in [0.25, 0.3) is 0 Å². The first-order valence-corrected chi connectivity index (χ1v) is 5.36. The van der Waals surface area contributed by atoms with E-state index in [1.165, 1.54) is 25.1 Å². The summed E-state index contributed by atoms with van der Waals surface area (Å²) in [7, 11) is 0. The summed E-state index contributed by atoms with van der Waals surface area (Å²) in [5, 5.41) is 0.795. The van der Waals surface area contributed by atoms with Crippen LogP contribution in [-0.2, 0) is 13.1 Å². The summed E-state index contributed by atoms with van der Waals surface area (Å²) in [6.07, 6.45) is 1.32. The second kappa shape index (κ2) is 4.30. The van der Waals surface area contributed by atoms with Crippen LogP contribution in [0.4, 0.5) is 0 Å². The minimum Gasteiger partial charge on any atom is -0.326 e. The predicted molar refractivity (Wildman–Crippen MR) is 59.2 cm³/mol. The van der Waals surface area contributed by atoms with E-state index < -0.39 is 0 Å². The molecule has 1 saturated heterocycles. The Bertz CT molecular complexity index is 321. The third-order valence-electron chi connectivity index (χ3n) is 2.61. The molecule has 76 valence electrons. The molecule has 1 fully saturated rings. The highest BCUT2D eigenvalue weighted by Gasteiger charge is 2.13. The van der Waals surface area contributed by atoms with Crippen LogP contribution < -0.4 is 5.73 Å². The molecule has 14 heavy (non-hydrogen) atoms. The maximum Gasteiger partial charge on any atom is 0.0412 e. The van der Waals surface area contributed by atoms with Crippen LogP contribution in [0.2, 0.25) is 5.02 Å². The topological polar surface area (TPSA) is 29.3 Å². The molecule has 2 nitrogen and oxygen atoms in total. The Hall–Kier alpha value is -0.570. The monoisotopic (exact) mass is 210 g/mol. The molecule has 1 aliphatic rings. The van der Waals surface area contributed by atoms with E-state index in [-0.39, 0.29) is 0 Å². The Morgan fingerprint density at radius 2 is 1.93 bits per heavy atom. The van der Waals surface area contributed by atoms with E-state index in [9.17, 15) is 0 Å². The summed E-state index contributed by atoms with van der Waals surface area (Å²) in [4.78, 5) is 2.41. The molecule has 0 amide bonds. The Morgan fingerprint density at radius 1 is 1.21 bits per heavy atom. The van der Waals surface area contributed by atoms with Gasteiger partial charge in [-0.2, -0.15) is 0 Å². The average Bonchev–Trinajstić information content (AvgIpc) is 2.10. The first-order chi connectivity index (χ1) is 6.78. The number of benzene rings is 1. The van der Waals surface area contributed by atoms with Gasteiger partial charge in [0.25, 0.3) is 0 Å². The second-order valence-corrected chi connectivity index (χ2v) is 4.24. The Labute approximate surface area is 89.7 Å². The van der Waals surface area contributed by atoms with Gasteiger partial charge in [0, 0.05) is 18.1 Å². The van der Waals surface area contributed by atoms with E-state index in [4.69, 9.17) is 17.3 Å². The minimum atomic E-state index is 0.563. The van der Waals surface area contributed by atoms with Crippen molar-refractivity contribution in [3.8, 4) is 0 Å². The van der Waals surface area contributed by atoms with Gasteiger partial charge in [-0.1, -0.05) is 17.7 Å². The molecule has 0 bridgehead atoms. The largest absolute Gasteiger partial charge is 0.326 e. The molecule has 0 saturated carbocycles. The van der Waals surface area contributed by atoms with E-state index in [0.717, 1.165) is 17.1 Å². The fourth-order valence-electron chi connectivity index (χ4n) is 1.72. The van der Waals surface area contributed by atoms with E-state index in [1.54, 1.807) is 0 Å². The lowest BCUT2D eigenvalue weighted by atomic mass is 10.1. The number of nitrogens with zero attached hydrogens (tertiary/aromatic N) is 1. The van der Waals surface area contributed by atoms with Gasteiger partial charge >= 0.3 is 0 Å². The quantitative estimate of drug-likeness (QED) is 0.827. The summed E-state index contributed by atoms with van der Waals surface area (Å²) in [5.74, 6) is 0. The molecule has 1 aromatic carbocycles. The van der Waals surface area contributed by atoms with Gasteiger partial charge in [0.05, 0.1) is 0 Å². The van der Waals surface area contributed by atoms with Gasteiger partial charge in [0.2, 0.25) is 0 Å². The molecule has 0 spiro atoms. The molecule has 3 heteroatoms. The summed E-state index contributed by atoms with van der Waals surface area (Å²) in [6.45, 7) is 4.00. The number of halogens is 1. The van der Waals surface area contributed by atoms with Crippen molar-refractivity contribution in [2.45, 2.75) is 19.5 Å². The number of likely N-dealkylation sites (tertiary alicyclic amines) is 1. The van der Waals surface area contributed by atoms with Gasteiger partial charge in [0.15, 0.2) is 0 Å². The lowest BCUT2D eigenvalue weighted by molar-refractivity contribution is 0.172. The Balaban J connectivity index is 2.11. The van der Waals surface area contributed by atoms with Crippen molar-refractivity contribution in [3.63, 3.8) is 0 Å². The third kappa shape index (κ3) is 2.27. The van der Waals surface area contributed by atoms with Crippen molar-refractivity contribution in [1.82, 2.24) is 4.90 Å². The Morgan fingerprint density at radius 3 is 2.50 bits per heavy atom. The van der Waals surface area contributed by atoms with Crippen molar-refractivity contribution in [2.24, 2.45) is 5.73 Å². The second-order valence-electron chi connectivity index (χ2n) is 3.80. The Kier molecular flexibility index (Phi) is 3.06. The summed E-state index contributed by atoms with van der Waals surface area (Å²) in [5.41, 5.74) is 7.99. The van der Waals surface area contributed by atoms with E-state index in [0.29, 0.717) is 6.54 Å². The molecule has 2 N–H and O–H groups in total. The average molecular weight is 211 g/mol. The van der Waals surface area contributed by atoms with Gasteiger partial charge in [0.1, 0.15) is 0 Å². The molecular weight excluding hydrogens is 196 g/mol. The first-order valence-electron chi connectivity index (χ1n) is 4.99.